The largest absolute Gasteiger partial charge is 0.356 e. The van der Waals surface area contributed by atoms with Crippen LogP contribution in [0.1, 0.15) is 47.0 Å². The maximum Gasteiger partial charge on any atom is 0.233 e. The van der Waals surface area contributed by atoms with Crippen LogP contribution in [0, 0.1) is 12.3 Å². The van der Waals surface area contributed by atoms with E-state index in [1.54, 1.807) is 6.92 Å². The van der Waals surface area contributed by atoms with Crippen LogP contribution in [0.3, 0.4) is 0 Å². The van der Waals surface area contributed by atoms with Gasteiger partial charge in [0.25, 0.3) is 0 Å². The van der Waals surface area contributed by atoms with Crippen LogP contribution in [-0.2, 0) is 9.47 Å². The Hall–Kier alpha value is -0.820. The van der Waals surface area contributed by atoms with Crippen molar-refractivity contribution in [2.75, 3.05) is 7.11 Å². The molecule has 0 rings (SSSR count). The van der Waals surface area contributed by atoms with Crippen LogP contribution in [0.4, 0.5) is 0 Å². The first kappa shape index (κ1) is 16.2. The third-order valence-corrected chi connectivity index (χ3v) is 2.72. The van der Waals surface area contributed by atoms with Crippen molar-refractivity contribution in [2.45, 2.75) is 58.5 Å². The Bertz CT molecular complexity index is 293. The third-order valence-electron chi connectivity index (χ3n) is 2.72. The minimum absolute atomic E-state index is 0.355. The number of rotatable bonds is 7. The van der Waals surface area contributed by atoms with Gasteiger partial charge in [0, 0.05) is 13.5 Å². The lowest BCUT2D eigenvalue weighted by Crippen LogP contribution is -2.43. The molecule has 1 N–H and O–H groups in total. The summed E-state index contributed by atoms with van der Waals surface area (Å²) in [7, 11) is 1.54. The van der Waals surface area contributed by atoms with Crippen LogP contribution >= 0.6 is 0 Å². The number of methoxy groups -OCH3 is 1. The van der Waals surface area contributed by atoms with Gasteiger partial charge < -0.3 is 14.6 Å². The predicted octanol–water partition coefficient (Wildman–Crippen LogP) is 2.84. The number of terminal acetylenes is 1. The van der Waals surface area contributed by atoms with Crippen LogP contribution in [0.2, 0.25) is 0 Å². The fraction of sp³-hybridized carbons (Fsp3) is 0.714. The third kappa shape index (κ3) is 5.88. The Kier molecular flexibility index (Phi) is 6.48. The number of hydrogen-bond acceptors (Lipinski definition) is 3. The van der Waals surface area contributed by atoms with Gasteiger partial charge in [0.1, 0.15) is 0 Å². The van der Waals surface area contributed by atoms with Crippen molar-refractivity contribution in [2.24, 2.45) is 0 Å². The highest BCUT2D eigenvalue weighted by Crippen LogP contribution is 2.26. The van der Waals surface area contributed by atoms with E-state index in [-0.39, 0.29) is 0 Å². The molecular weight excluding hydrogens is 216 g/mol. The van der Waals surface area contributed by atoms with Gasteiger partial charge in [-0.25, -0.2) is 0 Å². The molecule has 0 aromatic rings. The second-order valence-electron chi connectivity index (χ2n) is 4.54. The Morgan fingerprint density at radius 2 is 2.06 bits per heavy atom. The van der Waals surface area contributed by atoms with E-state index >= 15 is 0 Å². The summed E-state index contributed by atoms with van der Waals surface area (Å²) in [4.78, 5) is 0. The Morgan fingerprint density at radius 3 is 2.41 bits per heavy atom. The number of aliphatic hydroxyl groups is 1. The molecule has 0 aromatic heterocycles. The van der Waals surface area contributed by atoms with Crippen molar-refractivity contribution in [3.63, 3.8) is 0 Å². The van der Waals surface area contributed by atoms with Crippen LogP contribution in [0.15, 0.2) is 11.6 Å². The van der Waals surface area contributed by atoms with Gasteiger partial charge in [-0.2, -0.15) is 0 Å². The summed E-state index contributed by atoms with van der Waals surface area (Å²) >= 11 is 0. The van der Waals surface area contributed by atoms with E-state index in [4.69, 9.17) is 15.9 Å². The molecule has 2 atom stereocenters. The van der Waals surface area contributed by atoms with Crippen molar-refractivity contribution in [3.05, 3.63) is 11.6 Å². The van der Waals surface area contributed by atoms with E-state index in [1.807, 2.05) is 26.8 Å². The first-order chi connectivity index (χ1) is 7.81. The van der Waals surface area contributed by atoms with Crippen LogP contribution in [0.25, 0.3) is 0 Å². The second-order valence-corrected chi connectivity index (χ2v) is 4.54. The number of allylic oxidation sites excluding steroid dienone is 2. The van der Waals surface area contributed by atoms with E-state index < -0.39 is 11.6 Å². The molecule has 0 bridgehead atoms. The zero-order chi connectivity index (χ0) is 13.5. The average Bonchev–Trinajstić information content (AvgIpc) is 2.28. The fourth-order valence-corrected chi connectivity index (χ4v) is 1.32. The van der Waals surface area contributed by atoms with Gasteiger partial charge in [0.15, 0.2) is 5.79 Å². The highest BCUT2D eigenvalue weighted by Gasteiger charge is 2.35. The predicted molar refractivity (Wildman–Crippen MR) is 69.2 cm³/mol. The van der Waals surface area contributed by atoms with Gasteiger partial charge in [0.2, 0.25) is 5.79 Å². The molecule has 0 aliphatic carbocycles. The highest BCUT2D eigenvalue weighted by atomic mass is 16.7. The van der Waals surface area contributed by atoms with E-state index in [1.165, 1.54) is 12.7 Å². The molecule has 0 amide bonds. The maximum absolute atomic E-state index is 10.2. The zero-order valence-corrected chi connectivity index (χ0v) is 11.5. The Labute approximate surface area is 105 Å². The smallest absolute Gasteiger partial charge is 0.233 e. The first-order valence-corrected chi connectivity index (χ1v) is 5.89. The van der Waals surface area contributed by atoms with E-state index in [0.29, 0.717) is 19.3 Å². The molecule has 0 aromatic carbocycles. The van der Waals surface area contributed by atoms with Gasteiger partial charge >= 0.3 is 0 Å². The molecule has 0 radical (unpaired) electrons. The second kappa shape index (κ2) is 6.80. The summed E-state index contributed by atoms with van der Waals surface area (Å²) in [6, 6.07) is 0. The lowest BCUT2D eigenvalue weighted by Gasteiger charge is -2.34. The lowest BCUT2D eigenvalue weighted by molar-refractivity contribution is -0.313. The molecule has 98 valence electrons. The SMILES string of the molecule is C#C[C@@](O)(CCC=C(C)C)O[C@@](C)(CC)OC. The quantitative estimate of drug-likeness (QED) is 0.422. The summed E-state index contributed by atoms with van der Waals surface area (Å²) in [5.74, 6) is -0.131. The maximum atomic E-state index is 10.2. The summed E-state index contributed by atoms with van der Waals surface area (Å²) in [6.45, 7) is 7.68. The molecule has 0 unspecified atom stereocenters. The van der Waals surface area contributed by atoms with Gasteiger partial charge in [0.05, 0.1) is 0 Å². The molecule has 3 nitrogen and oxygen atoms in total. The topological polar surface area (TPSA) is 38.7 Å². The average molecular weight is 240 g/mol. The summed E-state index contributed by atoms with van der Waals surface area (Å²) in [6.07, 6.45) is 8.99. The normalized spacial score (nSPS) is 17.7. The number of hydrogen-bond donors (Lipinski definition) is 1. The lowest BCUT2D eigenvalue weighted by atomic mass is 10.1. The molecule has 0 saturated carbocycles. The molecule has 0 fully saturated rings. The molecule has 0 saturated heterocycles. The molecule has 0 heterocycles. The molecule has 17 heavy (non-hydrogen) atoms. The Morgan fingerprint density at radius 1 is 1.47 bits per heavy atom. The van der Waals surface area contributed by atoms with Crippen LogP contribution in [0.5, 0.6) is 0 Å². The molecule has 0 aliphatic heterocycles. The van der Waals surface area contributed by atoms with E-state index in [9.17, 15) is 5.11 Å². The van der Waals surface area contributed by atoms with Gasteiger partial charge in [-0.15, -0.1) is 6.42 Å². The van der Waals surface area contributed by atoms with Crippen molar-refractivity contribution in [1.82, 2.24) is 0 Å². The van der Waals surface area contributed by atoms with Crippen LogP contribution < -0.4 is 0 Å². The van der Waals surface area contributed by atoms with Crippen molar-refractivity contribution in [3.8, 4) is 12.3 Å². The van der Waals surface area contributed by atoms with Crippen molar-refractivity contribution < 1.29 is 14.6 Å². The molecule has 3 heteroatoms. The standard InChI is InChI=1S/C14H24O3/c1-7-13(5,16-6)17-14(15,8-2)11-9-10-12(3)4/h2,10,15H,7,9,11H2,1,3-6H3/t13-,14-/m0/s1. The number of ether oxygens (including phenoxy) is 2. The minimum Gasteiger partial charge on any atom is -0.356 e. The Balaban J connectivity index is 4.58. The molecule has 0 spiro atoms. The monoisotopic (exact) mass is 240 g/mol. The van der Waals surface area contributed by atoms with Crippen molar-refractivity contribution >= 4 is 0 Å². The summed E-state index contributed by atoms with van der Waals surface area (Å²) in [5.41, 5.74) is 1.19. The summed E-state index contributed by atoms with van der Waals surface area (Å²) < 4.78 is 10.7. The first-order valence-electron chi connectivity index (χ1n) is 5.89. The van der Waals surface area contributed by atoms with Crippen molar-refractivity contribution in [1.29, 1.82) is 0 Å². The zero-order valence-electron chi connectivity index (χ0n) is 11.5. The van der Waals surface area contributed by atoms with E-state index in [0.717, 1.165) is 0 Å². The fourth-order valence-electron chi connectivity index (χ4n) is 1.32. The van der Waals surface area contributed by atoms with Gasteiger partial charge in [-0.1, -0.05) is 18.6 Å². The van der Waals surface area contributed by atoms with Crippen LogP contribution in [-0.4, -0.2) is 23.8 Å². The van der Waals surface area contributed by atoms with Gasteiger partial charge in [-0.05, 0) is 39.5 Å². The van der Waals surface area contributed by atoms with E-state index in [2.05, 4.69) is 5.92 Å². The molecule has 0 aliphatic rings. The summed E-state index contributed by atoms with van der Waals surface area (Å²) in [5, 5.41) is 10.2. The minimum atomic E-state index is -1.58. The van der Waals surface area contributed by atoms with Gasteiger partial charge in [-0.3, -0.25) is 0 Å². The highest BCUT2D eigenvalue weighted by molar-refractivity contribution is 5.04. The molecular formula is C14H24O3.